The Morgan fingerprint density at radius 2 is 2.04 bits per heavy atom. The van der Waals surface area contributed by atoms with Gasteiger partial charge in [-0.1, -0.05) is 45.4 Å². The highest BCUT2D eigenvalue weighted by molar-refractivity contribution is 6.31. The van der Waals surface area contributed by atoms with Crippen molar-refractivity contribution in [3.8, 4) is 0 Å². The van der Waals surface area contributed by atoms with Gasteiger partial charge in [-0.25, -0.2) is 0 Å². The van der Waals surface area contributed by atoms with Crippen LogP contribution in [0.4, 0.5) is 0 Å². The molecule has 2 aliphatic heterocycles. The van der Waals surface area contributed by atoms with Crippen molar-refractivity contribution in [1.82, 2.24) is 0 Å². The van der Waals surface area contributed by atoms with Crippen LogP contribution in [-0.4, -0.2) is 18.2 Å². The number of carbonyl (C=O) groups excluding carboxylic acids is 1. The van der Waals surface area contributed by atoms with Crippen molar-refractivity contribution in [3.05, 3.63) is 34.3 Å². The first-order valence-electron chi connectivity index (χ1n) is 9.02. The molecule has 2 saturated heterocycles. The zero-order valence-electron chi connectivity index (χ0n) is 15.6. The molecule has 0 N–H and O–H groups in total. The van der Waals surface area contributed by atoms with E-state index in [1.807, 2.05) is 18.2 Å². The number of benzene rings is 1. The van der Waals surface area contributed by atoms with E-state index in [0.29, 0.717) is 23.5 Å². The molecule has 2 fully saturated rings. The Hall–Kier alpha value is -1.10. The van der Waals surface area contributed by atoms with Gasteiger partial charge in [0.25, 0.3) is 0 Å². The summed E-state index contributed by atoms with van der Waals surface area (Å²) in [4.78, 5) is 11.1. The third kappa shape index (κ3) is 2.88. The normalized spacial score (nSPS) is 37.1. The van der Waals surface area contributed by atoms with E-state index in [0.717, 1.165) is 17.5 Å². The van der Waals surface area contributed by atoms with E-state index in [1.54, 1.807) is 0 Å². The molecule has 2 aliphatic rings. The van der Waals surface area contributed by atoms with E-state index in [2.05, 4.69) is 27.7 Å². The fourth-order valence-corrected chi connectivity index (χ4v) is 4.45. The number of rotatable bonds is 4. The van der Waals surface area contributed by atoms with Gasteiger partial charge in [-0.3, -0.25) is 4.79 Å². The van der Waals surface area contributed by atoms with Crippen LogP contribution in [-0.2, 0) is 31.4 Å². The number of hydrogen-bond donors (Lipinski definition) is 0. The second-order valence-corrected chi connectivity index (χ2v) is 7.91. The molecular weight excluding hydrogens is 340 g/mol. The molecular formula is C20H27ClO4. The minimum atomic E-state index is -0.766. The average molecular weight is 367 g/mol. The molecule has 0 aliphatic carbocycles. The Bertz CT molecular complexity index is 676. The van der Waals surface area contributed by atoms with Gasteiger partial charge in [0, 0.05) is 29.0 Å². The molecule has 5 atom stereocenters. The first-order chi connectivity index (χ1) is 11.8. The van der Waals surface area contributed by atoms with E-state index >= 15 is 0 Å². The van der Waals surface area contributed by atoms with E-state index in [9.17, 15) is 4.79 Å². The Balaban J connectivity index is 2.00. The number of hydrogen-bond acceptors (Lipinski definition) is 4. The van der Waals surface area contributed by atoms with Crippen molar-refractivity contribution in [3.63, 3.8) is 0 Å². The van der Waals surface area contributed by atoms with Crippen molar-refractivity contribution >= 4 is 17.6 Å². The second kappa shape index (κ2) is 6.57. The Morgan fingerprint density at radius 3 is 2.68 bits per heavy atom. The van der Waals surface area contributed by atoms with Gasteiger partial charge in [-0.05, 0) is 30.4 Å². The fraction of sp³-hybridized carbons (Fsp3) is 0.650. The predicted molar refractivity (Wildman–Crippen MR) is 96.2 cm³/mol. The van der Waals surface area contributed by atoms with Crippen molar-refractivity contribution in [2.45, 2.75) is 59.0 Å². The van der Waals surface area contributed by atoms with Gasteiger partial charge in [-0.15, -0.1) is 0 Å². The molecule has 0 radical (unpaired) electrons. The third-order valence-electron chi connectivity index (χ3n) is 6.37. The van der Waals surface area contributed by atoms with E-state index in [1.165, 1.54) is 6.92 Å². The van der Waals surface area contributed by atoms with Crippen LogP contribution in [0.3, 0.4) is 0 Å². The quantitative estimate of drug-likeness (QED) is 0.726. The minimum absolute atomic E-state index is 0.150. The minimum Gasteiger partial charge on any atom is -0.461 e. The maximum absolute atomic E-state index is 11.1. The van der Waals surface area contributed by atoms with Crippen LogP contribution >= 0.6 is 11.6 Å². The van der Waals surface area contributed by atoms with Crippen molar-refractivity contribution < 1.29 is 19.0 Å². The smallest absolute Gasteiger partial charge is 0.302 e. The molecule has 1 aromatic rings. The average Bonchev–Trinajstić information content (AvgIpc) is 2.98. The number of carbonyl (C=O) groups is 1. The highest BCUT2D eigenvalue weighted by atomic mass is 35.5. The van der Waals surface area contributed by atoms with E-state index < -0.39 is 5.79 Å². The summed E-state index contributed by atoms with van der Waals surface area (Å²) in [6.45, 7) is 11.0. The summed E-state index contributed by atoms with van der Waals surface area (Å²) in [5.41, 5.74) is 1.46. The molecule has 5 heteroatoms. The first-order valence-corrected chi connectivity index (χ1v) is 9.40. The standard InChI is InChI=1S/C20H27ClO4/c1-6-19-11-24-20(25-19,14(4)12(2)13(19)3)17-7-8-18(21)16(9-17)10-23-15(5)22/h7-9,12-14H,6,10-11H2,1-5H3/t12-,13-,14+,19-,20+/m0/s1. The van der Waals surface area contributed by atoms with Gasteiger partial charge < -0.3 is 14.2 Å². The molecule has 4 nitrogen and oxygen atoms in total. The summed E-state index contributed by atoms with van der Waals surface area (Å²) >= 11 is 6.29. The lowest BCUT2D eigenvalue weighted by atomic mass is 9.68. The summed E-state index contributed by atoms with van der Waals surface area (Å²) < 4.78 is 18.1. The molecule has 25 heavy (non-hydrogen) atoms. The van der Waals surface area contributed by atoms with Crippen LogP contribution in [0, 0.1) is 17.8 Å². The molecule has 0 saturated carbocycles. The van der Waals surface area contributed by atoms with Crippen LogP contribution in [0.1, 0.15) is 52.2 Å². The lowest BCUT2D eigenvalue weighted by Crippen LogP contribution is -2.53. The molecule has 0 amide bonds. The monoisotopic (exact) mass is 366 g/mol. The zero-order chi connectivity index (χ0) is 18.4. The maximum Gasteiger partial charge on any atom is 0.302 e. The summed E-state index contributed by atoms with van der Waals surface area (Å²) in [6, 6.07) is 5.75. The topological polar surface area (TPSA) is 44.8 Å². The highest BCUT2D eigenvalue weighted by Crippen LogP contribution is 2.57. The van der Waals surface area contributed by atoms with Crippen LogP contribution in [0.25, 0.3) is 0 Å². The van der Waals surface area contributed by atoms with E-state index in [4.69, 9.17) is 25.8 Å². The summed E-state index contributed by atoms with van der Waals surface area (Å²) in [5, 5.41) is 0.575. The van der Waals surface area contributed by atoms with Crippen molar-refractivity contribution in [2.24, 2.45) is 17.8 Å². The van der Waals surface area contributed by atoms with Gasteiger partial charge in [0.15, 0.2) is 5.79 Å². The summed E-state index contributed by atoms with van der Waals surface area (Å²) in [5.74, 6) is -0.00373. The Labute approximate surface area is 154 Å². The summed E-state index contributed by atoms with van der Waals surface area (Å²) in [6.07, 6.45) is 0.918. The molecule has 1 aromatic carbocycles. The van der Waals surface area contributed by atoms with Gasteiger partial charge in [-0.2, -0.15) is 0 Å². The fourth-order valence-electron chi connectivity index (χ4n) is 4.28. The molecule has 3 rings (SSSR count). The van der Waals surface area contributed by atoms with Gasteiger partial charge in [0.05, 0.1) is 12.2 Å². The Kier molecular flexibility index (Phi) is 4.91. The van der Waals surface area contributed by atoms with Gasteiger partial charge >= 0.3 is 5.97 Å². The largest absolute Gasteiger partial charge is 0.461 e. The molecule has 2 bridgehead atoms. The second-order valence-electron chi connectivity index (χ2n) is 7.50. The van der Waals surface area contributed by atoms with Crippen LogP contribution < -0.4 is 0 Å². The van der Waals surface area contributed by atoms with E-state index in [-0.39, 0.29) is 24.1 Å². The SMILES string of the molecule is CC[C@@]12CO[C@@](c3ccc(Cl)c(COC(C)=O)c3)(O1)[C@H](C)[C@@H](C)[C@@H]2C. The van der Waals surface area contributed by atoms with Crippen LogP contribution in [0.5, 0.6) is 0 Å². The highest BCUT2D eigenvalue weighted by Gasteiger charge is 2.62. The molecule has 0 aromatic heterocycles. The van der Waals surface area contributed by atoms with Gasteiger partial charge in [0.2, 0.25) is 0 Å². The molecule has 0 unspecified atom stereocenters. The zero-order valence-corrected chi connectivity index (χ0v) is 16.4. The third-order valence-corrected chi connectivity index (χ3v) is 6.74. The van der Waals surface area contributed by atoms with Crippen molar-refractivity contribution in [1.29, 1.82) is 0 Å². The lowest BCUT2D eigenvalue weighted by Gasteiger charge is -2.49. The summed E-state index contributed by atoms with van der Waals surface area (Å²) in [7, 11) is 0. The number of halogens is 1. The number of ether oxygens (including phenoxy) is 3. The van der Waals surface area contributed by atoms with Gasteiger partial charge in [0.1, 0.15) is 6.61 Å². The Morgan fingerprint density at radius 1 is 1.32 bits per heavy atom. The lowest BCUT2D eigenvalue weighted by molar-refractivity contribution is -0.279. The molecule has 2 heterocycles. The van der Waals surface area contributed by atoms with Crippen molar-refractivity contribution in [2.75, 3.05) is 6.61 Å². The predicted octanol–water partition coefficient (Wildman–Crippen LogP) is 4.67. The number of fused-ring (bicyclic) bond motifs is 2. The number of esters is 1. The maximum atomic E-state index is 11.1. The van der Waals surface area contributed by atoms with Crippen LogP contribution in [0.15, 0.2) is 18.2 Å². The molecule has 138 valence electrons. The first kappa shape index (κ1) is 18.7. The molecule has 0 spiro atoms. The van der Waals surface area contributed by atoms with Crippen LogP contribution in [0.2, 0.25) is 5.02 Å².